The smallest absolute Gasteiger partial charge is 0.465 e. The molecule has 24 heavy (non-hydrogen) atoms. The zero-order chi connectivity index (χ0) is 17.6. The minimum absolute atomic E-state index is 0.0372. The third-order valence-corrected chi connectivity index (χ3v) is 7.03. The summed E-state index contributed by atoms with van der Waals surface area (Å²) in [5.41, 5.74) is -5.65. The molecular formula is C15H23F3NO4S+. The van der Waals surface area contributed by atoms with E-state index in [1.807, 2.05) is 0 Å². The first-order valence-electron chi connectivity index (χ1n) is 8.43. The van der Waals surface area contributed by atoms with Crippen LogP contribution in [0.25, 0.3) is 0 Å². The predicted molar refractivity (Wildman–Crippen MR) is 77.9 cm³/mol. The molecule has 4 fully saturated rings. The van der Waals surface area contributed by atoms with E-state index in [0.717, 1.165) is 19.3 Å². The van der Waals surface area contributed by atoms with Crippen LogP contribution in [0, 0.1) is 23.2 Å². The Morgan fingerprint density at radius 3 is 2.04 bits per heavy atom. The van der Waals surface area contributed by atoms with E-state index in [-0.39, 0.29) is 30.3 Å². The summed E-state index contributed by atoms with van der Waals surface area (Å²) in [4.78, 5) is 12.5. The first kappa shape index (κ1) is 18.0. The second-order valence-electron chi connectivity index (χ2n) is 7.63. The van der Waals surface area contributed by atoms with Crippen LogP contribution in [0.3, 0.4) is 0 Å². The van der Waals surface area contributed by atoms with E-state index in [9.17, 15) is 26.4 Å². The summed E-state index contributed by atoms with van der Waals surface area (Å²) in [6.45, 7) is -0.319. The Labute approximate surface area is 139 Å². The molecule has 0 saturated heterocycles. The van der Waals surface area contributed by atoms with Gasteiger partial charge in [-0.05, 0) is 56.3 Å². The molecule has 4 saturated carbocycles. The Morgan fingerprint density at radius 2 is 1.58 bits per heavy atom. The van der Waals surface area contributed by atoms with E-state index in [0.29, 0.717) is 17.8 Å². The lowest BCUT2D eigenvalue weighted by Gasteiger charge is -2.55. The second kappa shape index (κ2) is 6.16. The lowest BCUT2D eigenvalue weighted by Crippen LogP contribution is -2.90. The molecule has 138 valence electrons. The van der Waals surface area contributed by atoms with Crippen molar-refractivity contribution in [3.8, 4) is 0 Å². The first-order chi connectivity index (χ1) is 11.1. The molecule has 0 aliphatic heterocycles. The number of carbonyl (C=O) groups is 1. The minimum atomic E-state index is -5.26. The Balaban J connectivity index is 1.44. The maximum absolute atomic E-state index is 12.5. The first-order valence-corrected chi connectivity index (χ1v) is 9.98. The van der Waals surface area contributed by atoms with Gasteiger partial charge in [0.2, 0.25) is 0 Å². The summed E-state index contributed by atoms with van der Waals surface area (Å²) in [7, 11) is -5.20. The van der Waals surface area contributed by atoms with Crippen molar-refractivity contribution in [3.63, 3.8) is 0 Å². The highest BCUT2D eigenvalue weighted by molar-refractivity contribution is 7.85. The summed E-state index contributed by atoms with van der Waals surface area (Å²) >= 11 is 0. The van der Waals surface area contributed by atoms with E-state index in [2.05, 4.69) is 0 Å². The van der Waals surface area contributed by atoms with Crippen molar-refractivity contribution in [1.82, 2.24) is 0 Å². The Kier molecular flexibility index (Phi) is 4.61. The molecule has 0 aromatic carbocycles. The zero-order valence-corrected chi connectivity index (χ0v) is 14.2. The predicted octanol–water partition coefficient (Wildman–Crippen LogP) is 1.55. The highest BCUT2D eigenvalue weighted by Crippen LogP contribution is 2.60. The molecular weight excluding hydrogens is 347 g/mol. The van der Waals surface area contributed by atoms with Gasteiger partial charge in [-0.2, -0.15) is 21.6 Å². The Hall–Kier alpha value is -0.830. The van der Waals surface area contributed by atoms with E-state index < -0.39 is 20.9 Å². The van der Waals surface area contributed by atoms with Crippen molar-refractivity contribution in [1.29, 1.82) is 0 Å². The summed E-state index contributed by atoms with van der Waals surface area (Å²) < 4.78 is 63.9. The third-order valence-electron chi connectivity index (χ3n) is 5.71. The average molecular weight is 370 g/mol. The number of halogens is 3. The maximum atomic E-state index is 12.5. The van der Waals surface area contributed by atoms with Gasteiger partial charge in [0.25, 0.3) is 0 Å². The van der Waals surface area contributed by atoms with Crippen molar-refractivity contribution in [3.05, 3.63) is 0 Å². The van der Waals surface area contributed by atoms with Crippen molar-refractivity contribution in [2.24, 2.45) is 23.2 Å². The Bertz CT molecular complexity index is 567. The average Bonchev–Trinajstić information content (AvgIpc) is 2.43. The van der Waals surface area contributed by atoms with Crippen LogP contribution < -0.4 is 4.72 Å². The van der Waals surface area contributed by atoms with E-state index >= 15 is 0 Å². The van der Waals surface area contributed by atoms with Gasteiger partial charge in [-0.15, -0.1) is 0 Å². The van der Waals surface area contributed by atoms with Gasteiger partial charge in [-0.3, -0.25) is 4.79 Å². The number of hydrogen-bond acceptors (Lipinski definition) is 4. The van der Waals surface area contributed by atoms with E-state index in [4.69, 9.17) is 4.74 Å². The number of hydrogen-bond donors (Lipinski definition) is 1. The fourth-order valence-electron chi connectivity index (χ4n) is 5.09. The Morgan fingerprint density at radius 1 is 1.08 bits per heavy atom. The number of nitrogens with two attached hydrogens (primary N) is 1. The molecule has 5 nitrogen and oxygen atoms in total. The van der Waals surface area contributed by atoms with Gasteiger partial charge in [0.15, 0.2) is 0 Å². The van der Waals surface area contributed by atoms with Crippen LogP contribution in [0.1, 0.15) is 44.9 Å². The van der Waals surface area contributed by atoms with Gasteiger partial charge in [-0.1, -0.05) is 0 Å². The van der Waals surface area contributed by atoms with Gasteiger partial charge in [0.05, 0.1) is 18.6 Å². The molecule has 0 amide bonds. The number of quaternary nitrogens is 1. The molecule has 4 bridgehead atoms. The largest absolute Gasteiger partial charge is 0.549 e. The number of sulfonamides is 1. The lowest BCUT2D eigenvalue weighted by atomic mass is 9.49. The maximum Gasteiger partial charge on any atom is 0.549 e. The van der Waals surface area contributed by atoms with Crippen LogP contribution in [-0.2, 0) is 19.6 Å². The quantitative estimate of drug-likeness (QED) is 0.568. The standard InChI is InChI=1S/C15H22F3NO4S/c16-15(17,18)24(21,22)19-2-1-3-23-13(20)14-7-10-4-11(8-14)6-12(5-10)9-14/h10-12,19H,1-9H2/p+1. The fourth-order valence-corrected chi connectivity index (χ4v) is 5.76. The number of carbonyl (C=O) groups excluding carboxylic acids is 1. The zero-order valence-electron chi connectivity index (χ0n) is 13.3. The van der Waals surface area contributed by atoms with Gasteiger partial charge >= 0.3 is 21.5 Å². The molecule has 0 unspecified atom stereocenters. The number of rotatable bonds is 6. The lowest BCUT2D eigenvalue weighted by molar-refractivity contribution is -0.505. The number of ether oxygens (including phenoxy) is 1. The van der Waals surface area contributed by atoms with Crippen LogP contribution in [0.5, 0.6) is 0 Å². The van der Waals surface area contributed by atoms with Gasteiger partial charge < -0.3 is 4.74 Å². The number of alkyl halides is 3. The van der Waals surface area contributed by atoms with Crippen LogP contribution in [0.4, 0.5) is 13.2 Å². The normalized spacial score (nSPS) is 35.2. The van der Waals surface area contributed by atoms with E-state index in [1.54, 1.807) is 0 Å². The molecule has 4 rings (SSSR count). The highest BCUT2D eigenvalue weighted by atomic mass is 32.2. The van der Waals surface area contributed by atoms with Crippen LogP contribution in [0.2, 0.25) is 0 Å². The minimum Gasteiger partial charge on any atom is -0.465 e. The van der Waals surface area contributed by atoms with Gasteiger partial charge in [0, 0.05) is 6.42 Å². The van der Waals surface area contributed by atoms with Crippen LogP contribution in [-0.4, -0.2) is 33.0 Å². The third kappa shape index (κ3) is 3.42. The van der Waals surface area contributed by atoms with Crippen molar-refractivity contribution < 1.29 is 35.8 Å². The van der Waals surface area contributed by atoms with Crippen molar-refractivity contribution >= 4 is 16.0 Å². The molecule has 0 spiro atoms. The number of esters is 1. The molecule has 0 aromatic heterocycles. The highest BCUT2D eigenvalue weighted by Gasteiger charge is 2.55. The molecule has 9 heteroatoms. The molecule has 0 atom stereocenters. The SMILES string of the molecule is O=C(OCCC[NH2+]S(=O)(=O)C(F)(F)F)C12CC3CC(CC(C3)C1)C2. The van der Waals surface area contributed by atoms with Gasteiger partial charge in [0.1, 0.15) is 0 Å². The number of primary sulfonamides is 1. The molecule has 0 radical (unpaired) electrons. The van der Waals surface area contributed by atoms with Crippen molar-refractivity contribution in [2.75, 3.05) is 13.2 Å². The molecule has 0 heterocycles. The molecule has 4 aliphatic rings. The van der Waals surface area contributed by atoms with Crippen LogP contribution >= 0.6 is 0 Å². The summed E-state index contributed by atoms with van der Waals surface area (Å²) in [6, 6.07) is 0. The van der Waals surface area contributed by atoms with Crippen molar-refractivity contribution in [2.45, 2.75) is 50.5 Å². The summed E-state index contributed by atoms with van der Waals surface area (Å²) in [5.74, 6) is 1.58. The van der Waals surface area contributed by atoms with Crippen LogP contribution in [0.15, 0.2) is 0 Å². The molecule has 4 aliphatic carbocycles. The fraction of sp³-hybridized carbons (Fsp3) is 0.933. The summed E-state index contributed by atoms with van der Waals surface area (Å²) in [6.07, 6.45) is 6.29. The topological polar surface area (TPSA) is 77.0 Å². The molecule has 0 aromatic rings. The van der Waals surface area contributed by atoms with E-state index in [1.165, 1.54) is 19.3 Å². The summed E-state index contributed by atoms with van der Waals surface area (Å²) in [5, 5.41) is 0. The van der Waals surface area contributed by atoms with Gasteiger partial charge in [-0.25, -0.2) is 4.72 Å². The molecule has 2 N–H and O–H groups in total. The monoisotopic (exact) mass is 370 g/mol. The second-order valence-corrected chi connectivity index (χ2v) is 9.52.